The zero-order valence-corrected chi connectivity index (χ0v) is 15.7. The van der Waals surface area contributed by atoms with Crippen LogP contribution in [0.5, 0.6) is 0 Å². The minimum Gasteiger partial charge on any atom is -0.465 e. The van der Waals surface area contributed by atoms with Gasteiger partial charge < -0.3 is 9.47 Å². The minimum atomic E-state index is -1.57. The molecule has 1 aromatic carbocycles. The normalized spacial score (nSPS) is 13.4. The monoisotopic (exact) mass is 348 g/mol. The Morgan fingerprint density at radius 3 is 1.84 bits per heavy atom. The molecule has 0 fully saturated rings. The SMILES string of the molecule is CCOC(=O)C(C(=O)OCC)C(=O)[C@](C)(CC(C)C)c1ccccc1. The molecule has 0 saturated carbocycles. The lowest BCUT2D eigenvalue weighted by atomic mass is 9.69. The predicted octanol–water partition coefficient (Wildman–Crippen LogP) is 3.30. The molecule has 0 aromatic heterocycles. The average Bonchev–Trinajstić information content (AvgIpc) is 2.55. The van der Waals surface area contributed by atoms with E-state index in [1.807, 2.05) is 44.2 Å². The maximum Gasteiger partial charge on any atom is 0.328 e. The van der Waals surface area contributed by atoms with Gasteiger partial charge in [0.15, 0.2) is 5.78 Å². The van der Waals surface area contributed by atoms with Gasteiger partial charge >= 0.3 is 11.9 Å². The Morgan fingerprint density at radius 2 is 1.44 bits per heavy atom. The third-order valence-corrected chi connectivity index (χ3v) is 4.08. The topological polar surface area (TPSA) is 69.7 Å². The van der Waals surface area contributed by atoms with Crippen molar-refractivity contribution in [2.75, 3.05) is 13.2 Å². The van der Waals surface area contributed by atoms with Crippen molar-refractivity contribution in [1.29, 1.82) is 0 Å². The smallest absolute Gasteiger partial charge is 0.328 e. The highest BCUT2D eigenvalue weighted by molar-refractivity contribution is 6.18. The van der Waals surface area contributed by atoms with Gasteiger partial charge in [-0.25, -0.2) is 0 Å². The van der Waals surface area contributed by atoms with E-state index in [0.717, 1.165) is 5.56 Å². The van der Waals surface area contributed by atoms with Crippen LogP contribution in [0, 0.1) is 11.8 Å². The van der Waals surface area contributed by atoms with Crippen LogP contribution in [0.25, 0.3) is 0 Å². The van der Waals surface area contributed by atoms with Gasteiger partial charge in [-0.15, -0.1) is 0 Å². The van der Waals surface area contributed by atoms with E-state index in [-0.39, 0.29) is 19.1 Å². The zero-order valence-electron chi connectivity index (χ0n) is 15.7. The van der Waals surface area contributed by atoms with Crippen molar-refractivity contribution >= 4 is 17.7 Å². The summed E-state index contributed by atoms with van der Waals surface area (Å²) in [6.45, 7) is 9.22. The van der Waals surface area contributed by atoms with Crippen LogP contribution in [0.3, 0.4) is 0 Å². The summed E-state index contributed by atoms with van der Waals surface area (Å²) in [7, 11) is 0. The quantitative estimate of drug-likeness (QED) is 0.506. The molecule has 1 aromatic rings. The van der Waals surface area contributed by atoms with Crippen LogP contribution in [0.4, 0.5) is 0 Å². The summed E-state index contributed by atoms with van der Waals surface area (Å²) in [5.74, 6) is -3.55. The van der Waals surface area contributed by atoms with Crippen molar-refractivity contribution in [2.45, 2.75) is 46.5 Å². The highest BCUT2D eigenvalue weighted by atomic mass is 16.6. The van der Waals surface area contributed by atoms with E-state index in [4.69, 9.17) is 9.47 Å². The number of Topliss-reactive ketones (excluding diaryl/α,β-unsaturated/α-hetero) is 1. The van der Waals surface area contributed by atoms with E-state index in [2.05, 4.69) is 0 Å². The summed E-state index contributed by atoms with van der Waals surface area (Å²) in [5.41, 5.74) is -0.216. The van der Waals surface area contributed by atoms with Crippen LogP contribution in [0.2, 0.25) is 0 Å². The second-order valence-corrected chi connectivity index (χ2v) is 6.60. The Hall–Kier alpha value is -2.17. The lowest BCUT2D eigenvalue weighted by molar-refractivity contribution is -0.165. The standard InChI is InChI=1S/C20H28O5/c1-6-24-18(22)16(19(23)25-7-2)17(21)20(5,13-14(3)4)15-11-9-8-10-12-15/h8-12,14,16H,6-7,13H2,1-5H3/t20-/m1/s1. The van der Waals surface area contributed by atoms with E-state index in [9.17, 15) is 14.4 Å². The molecule has 0 aliphatic carbocycles. The van der Waals surface area contributed by atoms with Gasteiger partial charge in [-0.3, -0.25) is 14.4 Å². The summed E-state index contributed by atoms with van der Waals surface area (Å²) in [5, 5.41) is 0. The summed E-state index contributed by atoms with van der Waals surface area (Å²) in [4.78, 5) is 38.0. The molecular weight excluding hydrogens is 320 g/mol. The number of ketones is 1. The van der Waals surface area contributed by atoms with Crippen LogP contribution in [0.15, 0.2) is 30.3 Å². The number of rotatable bonds is 9. The number of carbonyl (C=O) groups excluding carboxylic acids is 3. The van der Waals surface area contributed by atoms with Crippen molar-refractivity contribution in [1.82, 2.24) is 0 Å². The number of ether oxygens (including phenoxy) is 2. The van der Waals surface area contributed by atoms with Crippen molar-refractivity contribution in [3.05, 3.63) is 35.9 Å². The predicted molar refractivity (Wildman–Crippen MR) is 95.0 cm³/mol. The summed E-state index contributed by atoms with van der Waals surface area (Å²) >= 11 is 0. The van der Waals surface area contributed by atoms with Gasteiger partial charge in [0.2, 0.25) is 5.92 Å². The number of carbonyl (C=O) groups is 3. The maximum absolute atomic E-state index is 13.3. The minimum absolute atomic E-state index is 0.0915. The molecule has 1 rings (SSSR count). The van der Waals surface area contributed by atoms with Crippen molar-refractivity contribution in [2.24, 2.45) is 11.8 Å². The Kier molecular flexibility index (Phi) is 7.81. The molecule has 0 radical (unpaired) electrons. The molecule has 5 nitrogen and oxygen atoms in total. The first kappa shape index (κ1) is 20.9. The Labute approximate surface area is 149 Å². The summed E-state index contributed by atoms with van der Waals surface area (Å²) in [6, 6.07) is 9.22. The van der Waals surface area contributed by atoms with E-state index < -0.39 is 29.1 Å². The number of hydrogen-bond acceptors (Lipinski definition) is 5. The van der Waals surface area contributed by atoms with E-state index in [1.54, 1.807) is 20.8 Å². The molecular formula is C20H28O5. The first-order chi connectivity index (χ1) is 11.8. The fourth-order valence-electron chi connectivity index (χ4n) is 3.06. The third kappa shape index (κ3) is 5.15. The molecule has 0 N–H and O–H groups in total. The number of hydrogen-bond donors (Lipinski definition) is 0. The molecule has 0 amide bonds. The zero-order chi connectivity index (χ0) is 19.0. The molecule has 0 unspecified atom stereocenters. The van der Waals surface area contributed by atoms with Gasteiger partial charge in [-0.05, 0) is 38.7 Å². The molecule has 25 heavy (non-hydrogen) atoms. The lowest BCUT2D eigenvalue weighted by Crippen LogP contribution is -2.46. The maximum atomic E-state index is 13.3. The number of esters is 2. The number of benzene rings is 1. The van der Waals surface area contributed by atoms with Gasteiger partial charge in [-0.1, -0.05) is 44.2 Å². The largest absolute Gasteiger partial charge is 0.465 e. The molecule has 0 saturated heterocycles. The molecule has 0 heterocycles. The molecule has 0 bridgehead atoms. The summed E-state index contributed by atoms with van der Waals surface area (Å²) in [6.07, 6.45) is 0.505. The average molecular weight is 348 g/mol. The van der Waals surface area contributed by atoms with Crippen molar-refractivity contribution in [3.8, 4) is 0 Å². The van der Waals surface area contributed by atoms with E-state index >= 15 is 0 Å². The Morgan fingerprint density at radius 1 is 0.960 bits per heavy atom. The second kappa shape index (κ2) is 9.35. The van der Waals surface area contributed by atoms with Crippen LogP contribution >= 0.6 is 0 Å². The fourth-order valence-corrected chi connectivity index (χ4v) is 3.06. The van der Waals surface area contributed by atoms with Crippen LogP contribution in [-0.2, 0) is 29.3 Å². The van der Waals surface area contributed by atoms with Gasteiger partial charge in [0.1, 0.15) is 0 Å². The van der Waals surface area contributed by atoms with Crippen LogP contribution in [0.1, 0.15) is 46.6 Å². The molecule has 5 heteroatoms. The molecule has 0 aliphatic heterocycles. The third-order valence-electron chi connectivity index (χ3n) is 4.08. The van der Waals surface area contributed by atoms with Crippen LogP contribution in [-0.4, -0.2) is 30.9 Å². The van der Waals surface area contributed by atoms with Gasteiger partial charge in [-0.2, -0.15) is 0 Å². The Bertz CT molecular complexity index is 575. The molecule has 1 atom stereocenters. The Balaban J connectivity index is 3.35. The molecule has 138 valence electrons. The summed E-state index contributed by atoms with van der Waals surface area (Å²) < 4.78 is 9.94. The van der Waals surface area contributed by atoms with Gasteiger partial charge in [0.05, 0.1) is 18.6 Å². The first-order valence-corrected chi connectivity index (χ1v) is 8.71. The second-order valence-electron chi connectivity index (χ2n) is 6.60. The van der Waals surface area contributed by atoms with E-state index in [1.165, 1.54) is 0 Å². The van der Waals surface area contributed by atoms with Gasteiger partial charge in [0, 0.05) is 0 Å². The van der Waals surface area contributed by atoms with Crippen molar-refractivity contribution < 1.29 is 23.9 Å². The van der Waals surface area contributed by atoms with Gasteiger partial charge in [0.25, 0.3) is 0 Å². The first-order valence-electron chi connectivity index (χ1n) is 8.71. The van der Waals surface area contributed by atoms with E-state index in [0.29, 0.717) is 6.42 Å². The highest BCUT2D eigenvalue weighted by Crippen LogP contribution is 2.35. The fraction of sp³-hybridized carbons (Fsp3) is 0.550. The molecule has 0 aliphatic rings. The lowest BCUT2D eigenvalue weighted by Gasteiger charge is -2.32. The molecule has 0 spiro atoms. The van der Waals surface area contributed by atoms with Crippen molar-refractivity contribution in [3.63, 3.8) is 0 Å². The van der Waals surface area contributed by atoms with Crippen LogP contribution < -0.4 is 0 Å². The highest BCUT2D eigenvalue weighted by Gasteiger charge is 2.47.